The van der Waals surface area contributed by atoms with Crippen LogP contribution in [0.15, 0.2) is 17.2 Å². The number of nitrogen functional groups attached to an aromatic ring is 1. The molecule has 6 nitrogen and oxygen atoms in total. The van der Waals surface area contributed by atoms with Crippen LogP contribution in [0.4, 0.5) is 5.82 Å². The molecular formula is C11H17ClN4O2S. The van der Waals surface area contributed by atoms with E-state index < -0.39 is 10.0 Å². The van der Waals surface area contributed by atoms with Gasteiger partial charge in [-0.15, -0.1) is 0 Å². The Morgan fingerprint density at radius 1 is 1.58 bits per heavy atom. The van der Waals surface area contributed by atoms with Gasteiger partial charge in [0.25, 0.3) is 0 Å². The molecule has 0 atom stereocenters. The molecule has 1 aliphatic rings. The van der Waals surface area contributed by atoms with Gasteiger partial charge in [0.05, 0.1) is 5.02 Å². The van der Waals surface area contributed by atoms with Crippen molar-refractivity contribution in [3.63, 3.8) is 0 Å². The number of aromatic nitrogens is 1. The minimum absolute atomic E-state index is 0.108. The molecule has 0 saturated heterocycles. The smallest absolute Gasteiger partial charge is 0.244 e. The fourth-order valence-corrected chi connectivity index (χ4v) is 3.92. The number of nitrogens with one attached hydrogen (secondary N) is 1. The van der Waals surface area contributed by atoms with Crippen molar-refractivity contribution < 1.29 is 8.42 Å². The summed E-state index contributed by atoms with van der Waals surface area (Å²) in [5.41, 5.74) is 2.31. The van der Waals surface area contributed by atoms with Crippen molar-refractivity contribution in [2.45, 2.75) is 37.1 Å². The van der Waals surface area contributed by atoms with Gasteiger partial charge in [-0.3, -0.25) is 0 Å². The van der Waals surface area contributed by atoms with Crippen LogP contribution < -0.4 is 11.3 Å². The number of nitrogens with zero attached hydrogens (tertiary/aromatic N) is 2. The molecule has 2 rings (SSSR count). The first-order valence-electron chi connectivity index (χ1n) is 6.14. The second kappa shape index (κ2) is 5.62. The zero-order chi connectivity index (χ0) is 14.0. The Bertz CT molecular complexity index is 560. The van der Waals surface area contributed by atoms with Gasteiger partial charge in [0.15, 0.2) is 5.82 Å². The van der Waals surface area contributed by atoms with Gasteiger partial charge in [-0.2, -0.15) is 4.31 Å². The van der Waals surface area contributed by atoms with Crippen molar-refractivity contribution in [1.82, 2.24) is 9.29 Å². The molecule has 0 aromatic carbocycles. The third-order valence-electron chi connectivity index (χ3n) is 2.96. The topological polar surface area (TPSA) is 88.3 Å². The maximum atomic E-state index is 12.5. The average molecular weight is 305 g/mol. The van der Waals surface area contributed by atoms with Gasteiger partial charge in [0.2, 0.25) is 10.0 Å². The lowest BCUT2D eigenvalue weighted by molar-refractivity contribution is 0.403. The third kappa shape index (κ3) is 3.00. The fraction of sp³-hybridized carbons (Fsp3) is 0.545. The molecule has 0 bridgehead atoms. The van der Waals surface area contributed by atoms with E-state index in [9.17, 15) is 8.42 Å². The summed E-state index contributed by atoms with van der Waals surface area (Å²) in [6.45, 7) is 2.47. The van der Waals surface area contributed by atoms with Crippen molar-refractivity contribution >= 4 is 27.4 Å². The highest BCUT2D eigenvalue weighted by molar-refractivity contribution is 7.89. The minimum Gasteiger partial charge on any atom is -0.307 e. The van der Waals surface area contributed by atoms with Crippen LogP contribution in [0.1, 0.15) is 26.2 Å². The zero-order valence-electron chi connectivity index (χ0n) is 10.6. The first-order valence-corrected chi connectivity index (χ1v) is 7.96. The predicted octanol–water partition coefficient (Wildman–Crippen LogP) is 1.58. The quantitative estimate of drug-likeness (QED) is 0.615. The first-order chi connectivity index (χ1) is 9.00. The highest BCUT2D eigenvalue weighted by atomic mass is 35.5. The van der Waals surface area contributed by atoms with Gasteiger partial charge in [-0.1, -0.05) is 18.5 Å². The van der Waals surface area contributed by atoms with E-state index in [1.807, 2.05) is 6.92 Å². The number of rotatable bonds is 6. The second-order valence-corrected chi connectivity index (χ2v) is 6.79. The lowest BCUT2D eigenvalue weighted by Crippen LogP contribution is -2.34. The zero-order valence-corrected chi connectivity index (χ0v) is 12.2. The Kier molecular flexibility index (Phi) is 4.29. The summed E-state index contributed by atoms with van der Waals surface area (Å²) in [7, 11) is -3.53. The van der Waals surface area contributed by atoms with Gasteiger partial charge in [0, 0.05) is 18.8 Å². The lowest BCUT2D eigenvalue weighted by Gasteiger charge is -2.21. The summed E-state index contributed by atoms with van der Waals surface area (Å²) in [5, 5.41) is 0.191. The monoisotopic (exact) mass is 304 g/mol. The van der Waals surface area contributed by atoms with E-state index in [0.717, 1.165) is 19.3 Å². The van der Waals surface area contributed by atoms with E-state index in [0.29, 0.717) is 6.54 Å². The van der Waals surface area contributed by atoms with Crippen molar-refractivity contribution in [2.24, 2.45) is 5.84 Å². The van der Waals surface area contributed by atoms with E-state index in [-0.39, 0.29) is 21.8 Å². The maximum Gasteiger partial charge on any atom is 0.244 e. The predicted molar refractivity (Wildman–Crippen MR) is 74.3 cm³/mol. The van der Waals surface area contributed by atoms with Crippen LogP contribution in [-0.2, 0) is 10.0 Å². The van der Waals surface area contributed by atoms with E-state index in [1.54, 1.807) is 0 Å². The van der Waals surface area contributed by atoms with Gasteiger partial charge >= 0.3 is 0 Å². The Labute approximate surface area is 118 Å². The number of pyridine rings is 1. The highest BCUT2D eigenvalue weighted by Gasteiger charge is 2.37. The summed E-state index contributed by atoms with van der Waals surface area (Å²) in [6.07, 6.45) is 3.90. The Hall–Kier alpha value is -0.890. The normalized spacial score (nSPS) is 15.8. The second-order valence-electron chi connectivity index (χ2n) is 4.49. The van der Waals surface area contributed by atoms with Crippen molar-refractivity contribution in [3.05, 3.63) is 17.3 Å². The van der Waals surface area contributed by atoms with Gasteiger partial charge < -0.3 is 5.43 Å². The summed E-state index contributed by atoms with van der Waals surface area (Å²) in [4.78, 5) is 4.02. The van der Waals surface area contributed by atoms with Gasteiger partial charge in [-0.05, 0) is 25.3 Å². The van der Waals surface area contributed by atoms with Crippen LogP contribution >= 0.6 is 11.6 Å². The fourth-order valence-electron chi connectivity index (χ4n) is 1.88. The number of sulfonamides is 1. The number of nitrogens with two attached hydrogens (primary N) is 1. The van der Waals surface area contributed by atoms with Crippen molar-refractivity contribution in [1.29, 1.82) is 0 Å². The van der Waals surface area contributed by atoms with Crippen LogP contribution in [-0.4, -0.2) is 30.3 Å². The van der Waals surface area contributed by atoms with Crippen LogP contribution in [0.25, 0.3) is 0 Å². The molecule has 0 spiro atoms. The Balaban J connectivity index is 2.34. The number of hydrogen-bond acceptors (Lipinski definition) is 5. The lowest BCUT2D eigenvalue weighted by atomic mass is 10.4. The molecule has 1 aliphatic carbocycles. The molecule has 1 heterocycles. The third-order valence-corrected chi connectivity index (χ3v) is 5.16. The molecule has 0 amide bonds. The van der Waals surface area contributed by atoms with E-state index in [1.165, 1.54) is 16.6 Å². The molecule has 3 N–H and O–H groups in total. The molecule has 1 saturated carbocycles. The highest BCUT2D eigenvalue weighted by Crippen LogP contribution is 2.33. The molecule has 106 valence electrons. The van der Waals surface area contributed by atoms with Crippen molar-refractivity contribution in [3.8, 4) is 0 Å². The summed E-state index contributed by atoms with van der Waals surface area (Å²) >= 11 is 5.92. The van der Waals surface area contributed by atoms with Gasteiger partial charge in [0.1, 0.15) is 4.90 Å². The number of hydrazine groups is 1. The van der Waals surface area contributed by atoms with Crippen LogP contribution in [0, 0.1) is 0 Å². The molecule has 0 aliphatic heterocycles. The van der Waals surface area contributed by atoms with E-state index in [2.05, 4.69) is 10.4 Å². The minimum atomic E-state index is -3.53. The molecule has 0 radical (unpaired) electrons. The molecule has 1 aromatic heterocycles. The number of anilines is 1. The number of hydrogen-bond donors (Lipinski definition) is 2. The SMILES string of the molecule is CCCN(C1CC1)S(=O)(=O)c1cnc(NN)c(Cl)c1. The number of halogens is 1. The van der Waals surface area contributed by atoms with E-state index >= 15 is 0 Å². The Morgan fingerprint density at radius 2 is 2.26 bits per heavy atom. The van der Waals surface area contributed by atoms with Crippen LogP contribution in [0.5, 0.6) is 0 Å². The van der Waals surface area contributed by atoms with Gasteiger partial charge in [-0.25, -0.2) is 19.2 Å². The summed E-state index contributed by atoms with van der Waals surface area (Å²) < 4.78 is 26.6. The summed E-state index contributed by atoms with van der Waals surface area (Å²) in [6, 6.07) is 1.50. The maximum absolute atomic E-state index is 12.5. The first kappa shape index (κ1) is 14.5. The average Bonchev–Trinajstić information content (AvgIpc) is 3.19. The Morgan fingerprint density at radius 3 is 2.74 bits per heavy atom. The van der Waals surface area contributed by atoms with Crippen molar-refractivity contribution in [2.75, 3.05) is 12.0 Å². The van der Waals surface area contributed by atoms with E-state index in [4.69, 9.17) is 17.4 Å². The van der Waals surface area contributed by atoms with Crippen LogP contribution in [0.3, 0.4) is 0 Å². The molecule has 19 heavy (non-hydrogen) atoms. The molecule has 0 unspecified atom stereocenters. The molecule has 1 fully saturated rings. The summed E-state index contributed by atoms with van der Waals surface area (Å²) in [5.74, 6) is 5.48. The molecule has 1 aromatic rings. The van der Waals surface area contributed by atoms with Crippen LogP contribution in [0.2, 0.25) is 5.02 Å². The standard InChI is InChI=1S/C11H17ClN4O2S/c1-2-5-16(8-3-4-8)19(17,18)9-6-10(12)11(15-13)14-7-9/h6-8H,2-5,13H2,1H3,(H,14,15). The molecule has 8 heteroatoms. The largest absolute Gasteiger partial charge is 0.307 e. The molecular weight excluding hydrogens is 288 g/mol.